The largest absolute Gasteiger partial charge is 0.341 e. The molecule has 5 nitrogen and oxygen atoms in total. The van der Waals surface area contributed by atoms with Crippen molar-refractivity contribution in [3.05, 3.63) is 48.5 Å². The van der Waals surface area contributed by atoms with Crippen LogP contribution in [0.1, 0.15) is 18.4 Å². The highest BCUT2D eigenvalue weighted by molar-refractivity contribution is 5.76. The average molecular weight is 284 g/mol. The van der Waals surface area contributed by atoms with Crippen LogP contribution in [0.2, 0.25) is 0 Å². The molecule has 0 N–H and O–H groups in total. The van der Waals surface area contributed by atoms with Crippen LogP contribution in [0.3, 0.4) is 0 Å². The molecule has 1 aliphatic rings. The molecule has 0 saturated carbocycles. The van der Waals surface area contributed by atoms with E-state index in [1.807, 2.05) is 29.4 Å². The fourth-order valence-corrected chi connectivity index (χ4v) is 2.94. The van der Waals surface area contributed by atoms with Crippen LogP contribution in [0.25, 0.3) is 0 Å². The number of rotatable bonds is 4. The Morgan fingerprint density at radius 1 is 1.33 bits per heavy atom. The van der Waals surface area contributed by atoms with Gasteiger partial charge in [-0.2, -0.15) is 5.10 Å². The van der Waals surface area contributed by atoms with Crippen LogP contribution in [0, 0.1) is 5.92 Å². The van der Waals surface area contributed by atoms with Gasteiger partial charge in [-0.15, -0.1) is 0 Å². The molecule has 2 aromatic heterocycles. The molecule has 1 unspecified atom stereocenters. The van der Waals surface area contributed by atoms with Gasteiger partial charge in [0.15, 0.2) is 0 Å². The Morgan fingerprint density at radius 3 is 3.05 bits per heavy atom. The molecular formula is C16H20N4O. The molecule has 0 bridgehead atoms. The maximum Gasteiger partial charge on any atom is 0.244 e. The third-order valence-electron chi connectivity index (χ3n) is 3.98. The quantitative estimate of drug-likeness (QED) is 0.859. The zero-order valence-corrected chi connectivity index (χ0v) is 12.1. The summed E-state index contributed by atoms with van der Waals surface area (Å²) < 4.78 is 1.69. The normalized spacial score (nSPS) is 18.7. The molecule has 0 spiro atoms. The summed E-state index contributed by atoms with van der Waals surface area (Å²) in [7, 11) is 0. The maximum absolute atomic E-state index is 12.3. The minimum atomic E-state index is 0.162. The van der Waals surface area contributed by atoms with Crippen molar-refractivity contribution < 1.29 is 4.79 Å². The highest BCUT2D eigenvalue weighted by atomic mass is 16.2. The van der Waals surface area contributed by atoms with Gasteiger partial charge in [-0.05, 0) is 42.9 Å². The summed E-state index contributed by atoms with van der Waals surface area (Å²) in [5.41, 5.74) is 1.25. The van der Waals surface area contributed by atoms with Crippen LogP contribution >= 0.6 is 0 Å². The number of nitrogens with zero attached hydrogens (tertiary/aromatic N) is 4. The van der Waals surface area contributed by atoms with Crippen molar-refractivity contribution in [3.63, 3.8) is 0 Å². The van der Waals surface area contributed by atoms with Crippen LogP contribution in [-0.4, -0.2) is 38.7 Å². The second-order valence-corrected chi connectivity index (χ2v) is 5.62. The number of hydrogen-bond donors (Lipinski definition) is 0. The van der Waals surface area contributed by atoms with E-state index >= 15 is 0 Å². The number of aromatic nitrogens is 3. The van der Waals surface area contributed by atoms with Crippen LogP contribution in [0.4, 0.5) is 0 Å². The summed E-state index contributed by atoms with van der Waals surface area (Å²) >= 11 is 0. The highest BCUT2D eigenvalue weighted by Gasteiger charge is 2.23. The van der Waals surface area contributed by atoms with Crippen LogP contribution in [0.5, 0.6) is 0 Å². The van der Waals surface area contributed by atoms with E-state index in [0.29, 0.717) is 12.5 Å². The summed E-state index contributed by atoms with van der Waals surface area (Å²) in [4.78, 5) is 18.5. The Labute approximate surface area is 124 Å². The minimum absolute atomic E-state index is 0.162. The van der Waals surface area contributed by atoms with E-state index in [1.165, 1.54) is 12.0 Å². The van der Waals surface area contributed by atoms with Gasteiger partial charge in [0.25, 0.3) is 0 Å². The third kappa shape index (κ3) is 3.68. The Balaban J connectivity index is 1.56. The number of likely N-dealkylation sites (tertiary alicyclic amines) is 1. The lowest BCUT2D eigenvalue weighted by atomic mass is 9.92. The number of carbonyl (C=O) groups is 1. The molecule has 1 fully saturated rings. The zero-order chi connectivity index (χ0) is 14.5. The zero-order valence-electron chi connectivity index (χ0n) is 12.1. The SMILES string of the molecule is O=C(Cn1cccn1)N1CCCC(Cc2cccnc2)C1. The van der Waals surface area contributed by atoms with E-state index in [-0.39, 0.29) is 5.91 Å². The van der Waals surface area contributed by atoms with Gasteiger partial charge in [0.05, 0.1) is 0 Å². The summed E-state index contributed by atoms with van der Waals surface area (Å²) in [6, 6.07) is 5.92. The Morgan fingerprint density at radius 2 is 2.29 bits per heavy atom. The fourth-order valence-electron chi connectivity index (χ4n) is 2.94. The number of pyridine rings is 1. The summed E-state index contributed by atoms with van der Waals surface area (Å²) in [5, 5.41) is 4.10. The van der Waals surface area contributed by atoms with E-state index in [1.54, 1.807) is 17.1 Å². The van der Waals surface area contributed by atoms with Gasteiger partial charge < -0.3 is 4.90 Å². The van der Waals surface area contributed by atoms with Gasteiger partial charge in [-0.3, -0.25) is 14.5 Å². The molecule has 0 aromatic carbocycles. The monoisotopic (exact) mass is 284 g/mol. The molecule has 1 atom stereocenters. The molecule has 1 aliphatic heterocycles. The van der Waals surface area contributed by atoms with E-state index in [0.717, 1.165) is 25.9 Å². The van der Waals surface area contributed by atoms with Crippen LogP contribution in [-0.2, 0) is 17.8 Å². The average Bonchev–Trinajstić information content (AvgIpc) is 3.01. The second kappa shape index (κ2) is 6.52. The number of piperidine rings is 1. The topological polar surface area (TPSA) is 51.0 Å². The molecule has 1 amide bonds. The lowest BCUT2D eigenvalue weighted by molar-refractivity contribution is -0.133. The van der Waals surface area contributed by atoms with Gasteiger partial charge in [0, 0.05) is 37.9 Å². The lowest BCUT2D eigenvalue weighted by Gasteiger charge is -2.33. The maximum atomic E-state index is 12.3. The van der Waals surface area contributed by atoms with Crippen molar-refractivity contribution >= 4 is 5.91 Å². The Hall–Kier alpha value is -2.17. The fraction of sp³-hybridized carbons (Fsp3) is 0.438. The number of amides is 1. The number of carbonyl (C=O) groups excluding carboxylic acids is 1. The molecular weight excluding hydrogens is 264 g/mol. The molecule has 5 heteroatoms. The van der Waals surface area contributed by atoms with Gasteiger partial charge in [0.1, 0.15) is 6.54 Å². The molecule has 0 aliphatic carbocycles. The molecule has 0 radical (unpaired) electrons. The smallest absolute Gasteiger partial charge is 0.244 e. The van der Waals surface area contributed by atoms with Crippen molar-refractivity contribution in [2.45, 2.75) is 25.8 Å². The standard InChI is InChI=1S/C16H20N4O/c21-16(13-20-9-3-7-18-20)19-8-2-5-15(12-19)10-14-4-1-6-17-11-14/h1,3-4,6-7,9,11,15H,2,5,8,10,12-13H2. The van der Waals surface area contributed by atoms with Crippen LogP contribution in [0.15, 0.2) is 43.0 Å². The summed E-state index contributed by atoms with van der Waals surface area (Å²) in [6.07, 6.45) is 10.5. The molecule has 2 aromatic rings. The van der Waals surface area contributed by atoms with Crippen molar-refractivity contribution in [1.29, 1.82) is 0 Å². The van der Waals surface area contributed by atoms with Crippen molar-refractivity contribution in [2.24, 2.45) is 5.92 Å². The van der Waals surface area contributed by atoms with Crippen molar-refractivity contribution in [1.82, 2.24) is 19.7 Å². The van der Waals surface area contributed by atoms with Gasteiger partial charge in [-0.1, -0.05) is 6.07 Å². The van der Waals surface area contributed by atoms with Crippen molar-refractivity contribution in [2.75, 3.05) is 13.1 Å². The first-order chi connectivity index (χ1) is 10.3. The minimum Gasteiger partial charge on any atom is -0.341 e. The van der Waals surface area contributed by atoms with Gasteiger partial charge >= 0.3 is 0 Å². The molecule has 1 saturated heterocycles. The molecule has 110 valence electrons. The third-order valence-corrected chi connectivity index (χ3v) is 3.98. The van der Waals surface area contributed by atoms with Gasteiger partial charge in [0.2, 0.25) is 5.91 Å². The molecule has 3 rings (SSSR count). The van der Waals surface area contributed by atoms with Crippen molar-refractivity contribution in [3.8, 4) is 0 Å². The van der Waals surface area contributed by atoms with Crippen LogP contribution < -0.4 is 0 Å². The first-order valence-electron chi connectivity index (χ1n) is 7.45. The summed E-state index contributed by atoms with van der Waals surface area (Å²) in [5.74, 6) is 0.694. The first kappa shape index (κ1) is 13.8. The van der Waals surface area contributed by atoms with E-state index in [2.05, 4.69) is 16.1 Å². The van der Waals surface area contributed by atoms with E-state index in [9.17, 15) is 4.79 Å². The molecule has 3 heterocycles. The highest BCUT2D eigenvalue weighted by Crippen LogP contribution is 2.20. The Kier molecular flexibility index (Phi) is 4.28. The van der Waals surface area contributed by atoms with E-state index in [4.69, 9.17) is 0 Å². The first-order valence-corrected chi connectivity index (χ1v) is 7.45. The molecule has 21 heavy (non-hydrogen) atoms. The number of hydrogen-bond acceptors (Lipinski definition) is 3. The predicted octanol–water partition coefficient (Wildman–Crippen LogP) is 1.76. The second-order valence-electron chi connectivity index (χ2n) is 5.62. The summed E-state index contributed by atoms with van der Waals surface area (Å²) in [6.45, 7) is 2.05. The Bertz CT molecular complexity index is 567. The van der Waals surface area contributed by atoms with E-state index < -0.39 is 0 Å². The van der Waals surface area contributed by atoms with Gasteiger partial charge in [-0.25, -0.2) is 0 Å². The lowest BCUT2D eigenvalue weighted by Crippen LogP contribution is -2.42. The predicted molar refractivity (Wildman–Crippen MR) is 79.5 cm³/mol.